The fraction of sp³-hybridized carbons (Fsp3) is 0.857. The number of rotatable bonds is 9. The van der Waals surface area contributed by atoms with Crippen molar-refractivity contribution < 1.29 is 19.1 Å². The lowest BCUT2D eigenvalue weighted by Gasteiger charge is -2.03. The molecule has 0 saturated heterocycles. The highest BCUT2D eigenvalue weighted by molar-refractivity contribution is 5.73. The molecule has 0 unspecified atom stereocenters. The molecule has 0 spiro atoms. The van der Waals surface area contributed by atoms with Crippen molar-refractivity contribution in [2.45, 2.75) is 59.3 Å². The van der Waals surface area contributed by atoms with Gasteiger partial charge in [-0.05, 0) is 12.3 Å². The van der Waals surface area contributed by atoms with Crippen LogP contribution in [0, 0.1) is 5.92 Å². The van der Waals surface area contributed by atoms with Gasteiger partial charge in [0, 0.05) is 0 Å². The zero-order valence-corrected chi connectivity index (χ0v) is 12.8. The van der Waals surface area contributed by atoms with E-state index in [1.807, 2.05) is 13.8 Å². The molecule has 20 heavy (non-hydrogen) atoms. The molecule has 0 atom stereocenters. The molecule has 0 aliphatic heterocycles. The number of hydrogen-bond acceptors (Lipinski definition) is 4. The van der Waals surface area contributed by atoms with Crippen LogP contribution in [0.25, 0.3) is 0 Å². The molecular formula is C14H26N2O4. The second kappa shape index (κ2) is 12.6. The van der Waals surface area contributed by atoms with E-state index in [0.717, 1.165) is 19.3 Å². The molecular weight excluding hydrogens is 260 g/mol. The molecule has 0 fully saturated rings. The first-order valence-electron chi connectivity index (χ1n) is 7.31. The van der Waals surface area contributed by atoms with Gasteiger partial charge in [-0.25, -0.2) is 9.59 Å². The Balaban J connectivity index is 3.55. The fourth-order valence-electron chi connectivity index (χ4n) is 1.42. The lowest BCUT2D eigenvalue weighted by Crippen LogP contribution is -2.06. The van der Waals surface area contributed by atoms with E-state index in [0.29, 0.717) is 6.61 Å². The zero-order valence-electron chi connectivity index (χ0n) is 12.8. The van der Waals surface area contributed by atoms with Gasteiger partial charge >= 0.3 is 12.2 Å². The standard InChI is InChI=1S/C14H26N2O4/c1-4-5-6-7-8-9-10-19-13(17)15-16-14(18)20-11-12(2)3/h12H,4-11H2,1-3H3. The van der Waals surface area contributed by atoms with Gasteiger partial charge in [-0.1, -0.05) is 63.1 Å². The van der Waals surface area contributed by atoms with E-state index in [1.54, 1.807) is 0 Å². The number of azo groups is 1. The van der Waals surface area contributed by atoms with Crippen LogP contribution in [-0.2, 0) is 9.47 Å². The largest absolute Gasteiger partial charge is 0.452 e. The molecule has 116 valence electrons. The van der Waals surface area contributed by atoms with Gasteiger partial charge in [-0.2, -0.15) is 0 Å². The maximum Gasteiger partial charge on any atom is 0.452 e. The summed E-state index contributed by atoms with van der Waals surface area (Å²) in [6.45, 7) is 6.53. The van der Waals surface area contributed by atoms with Crippen LogP contribution < -0.4 is 0 Å². The van der Waals surface area contributed by atoms with Crippen LogP contribution in [-0.4, -0.2) is 25.4 Å². The summed E-state index contributed by atoms with van der Waals surface area (Å²) in [4.78, 5) is 22.2. The minimum atomic E-state index is -0.866. The molecule has 0 aromatic carbocycles. The molecule has 0 aliphatic carbocycles. The predicted molar refractivity (Wildman–Crippen MR) is 75.8 cm³/mol. The molecule has 0 bridgehead atoms. The second-order valence-electron chi connectivity index (χ2n) is 5.05. The molecule has 2 amide bonds. The third-order valence-corrected chi connectivity index (χ3v) is 2.48. The highest BCUT2D eigenvalue weighted by atomic mass is 16.6. The van der Waals surface area contributed by atoms with E-state index in [-0.39, 0.29) is 12.5 Å². The van der Waals surface area contributed by atoms with Crippen molar-refractivity contribution in [3.8, 4) is 0 Å². The third-order valence-electron chi connectivity index (χ3n) is 2.48. The van der Waals surface area contributed by atoms with E-state index in [9.17, 15) is 9.59 Å². The Hall–Kier alpha value is -1.46. The van der Waals surface area contributed by atoms with Crippen molar-refractivity contribution in [2.24, 2.45) is 16.1 Å². The molecule has 6 heteroatoms. The smallest absolute Gasteiger partial charge is 0.447 e. The van der Waals surface area contributed by atoms with Gasteiger partial charge in [0.1, 0.15) is 0 Å². The van der Waals surface area contributed by atoms with Gasteiger partial charge in [0.25, 0.3) is 0 Å². The Morgan fingerprint density at radius 1 is 0.900 bits per heavy atom. The van der Waals surface area contributed by atoms with Crippen LogP contribution >= 0.6 is 0 Å². The van der Waals surface area contributed by atoms with Crippen molar-refractivity contribution in [3.63, 3.8) is 0 Å². The normalized spacial score (nSPS) is 11.0. The fourth-order valence-corrected chi connectivity index (χ4v) is 1.42. The van der Waals surface area contributed by atoms with Crippen molar-refractivity contribution in [2.75, 3.05) is 13.2 Å². The molecule has 0 aliphatic rings. The summed E-state index contributed by atoms with van der Waals surface area (Å²) in [5.74, 6) is 0.216. The van der Waals surface area contributed by atoms with E-state index >= 15 is 0 Å². The third kappa shape index (κ3) is 13.0. The van der Waals surface area contributed by atoms with Crippen LogP contribution in [0.5, 0.6) is 0 Å². The molecule has 0 aromatic rings. The van der Waals surface area contributed by atoms with Crippen molar-refractivity contribution >= 4 is 12.2 Å². The Morgan fingerprint density at radius 2 is 1.45 bits per heavy atom. The van der Waals surface area contributed by atoms with Crippen molar-refractivity contribution in [1.82, 2.24) is 0 Å². The SMILES string of the molecule is CCCCCCCCOC(=O)N=NC(=O)OCC(C)C. The summed E-state index contributed by atoms with van der Waals surface area (Å²) in [6, 6.07) is 0. The lowest BCUT2D eigenvalue weighted by molar-refractivity contribution is 0.136. The van der Waals surface area contributed by atoms with Gasteiger partial charge in [-0.15, -0.1) is 0 Å². The molecule has 0 radical (unpaired) electrons. The zero-order chi connectivity index (χ0) is 15.2. The minimum Gasteiger partial charge on any atom is -0.447 e. The quantitative estimate of drug-likeness (QED) is 0.453. The number of carbonyl (C=O) groups is 2. The molecule has 0 rings (SSSR count). The monoisotopic (exact) mass is 286 g/mol. The highest BCUT2D eigenvalue weighted by Gasteiger charge is 2.04. The number of amides is 2. The Bertz CT molecular complexity index is 304. The highest BCUT2D eigenvalue weighted by Crippen LogP contribution is 2.05. The van der Waals surface area contributed by atoms with Gasteiger partial charge in [0.2, 0.25) is 0 Å². The van der Waals surface area contributed by atoms with Gasteiger partial charge in [0.05, 0.1) is 13.2 Å². The van der Waals surface area contributed by atoms with Crippen LogP contribution in [0.1, 0.15) is 59.3 Å². The lowest BCUT2D eigenvalue weighted by atomic mass is 10.1. The van der Waals surface area contributed by atoms with Crippen LogP contribution in [0.4, 0.5) is 9.59 Å². The minimum absolute atomic E-state index is 0.216. The molecule has 0 aromatic heterocycles. The summed E-state index contributed by atoms with van der Waals surface area (Å²) < 4.78 is 9.54. The first-order chi connectivity index (χ1) is 9.56. The first kappa shape index (κ1) is 18.5. The van der Waals surface area contributed by atoms with Gasteiger partial charge in [0.15, 0.2) is 0 Å². The number of carbonyl (C=O) groups excluding carboxylic acids is 2. The maximum atomic E-state index is 11.1. The number of hydrogen-bond donors (Lipinski definition) is 0. The summed E-state index contributed by atoms with van der Waals surface area (Å²) in [5, 5.41) is 6.26. The summed E-state index contributed by atoms with van der Waals surface area (Å²) in [6.07, 6.45) is 4.94. The average molecular weight is 286 g/mol. The molecule has 6 nitrogen and oxygen atoms in total. The number of unbranched alkanes of at least 4 members (excludes halogenated alkanes) is 5. The number of ether oxygens (including phenoxy) is 2. The molecule has 0 N–H and O–H groups in total. The van der Waals surface area contributed by atoms with Crippen LogP contribution in [0.2, 0.25) is 0 Å². The Kier molecular flexibility index (Phi) is 11.7. The van der Waals surface area contributed by atoms with E-state index in [2.05, 4.69) is 17.2 Å². The topological polar surface area (TPSA) is 77.3 Å². The summed E-state index contributed by atoms with van der Waals surface area (Å²) in [7, 11) is 0. The Morgan fingerprint density at radius 3 is 2.05 bits per heavy atom. The van der Waals surface area contributed by atoms with Gasteiger partial charge in [-0.3, -0.25) is 0 Å². The first-order valence-corrected chi connectivity index (χ1v) is 7.31. The molecule has 0 saturated carbocycles. The van der Waals surface area contributed by atoms with Crippen molar-refractivity contribution in [1.29, 1.82) is 0 Å². The molecule has 0 heterocycles. The van der Waals surface area contributed by atoms with E-state index in [1.165, 1.54) is 19.3 Å². The predicted octanol–water partition coefficient (Wildman–Crippen LogP) is 4.73. The average Bonchev–Trinajstić information content (AvgIpc) is 2.41. The van der Waals surface area contributed by atoms with E-state index in [4.69, 9.17) is 9.47 Å². The number of nitrogens with zero attached hydrogens (tertiary/aromatic N) is 2. The van der Waals surface area contributed by atoms with E-state index < -0.39 is 12.2 Å². The van der Waals surface area contributed by atoms with Crippen LogP contribution in [0.15, 0.2) is 10.2 Å². The Labute approximate surface area is 120 Å². The summed E-state index contributed by atoms with van der Waals surface area (Å²) >= 11 is 0. The summed E-state index contributed by atoms with van der Waals surface area (Å²) in [5.41, 5.74) is 0. The second-order valence-corrected chi connectivity index (χ2v) is 5.05. The van der Waals surface area contributed by atoms with Crippen molar-refractivity contribution in [3.05, 3.63) is 0 Å². The van der Waals surface area contributed by atoms with Crippen LogP contribution in [0.3, 0.4) is 0 Å². The maximum absolute atomic E-state index is 11.1. The van der Waals surface area contributed by atoms with Gasteiger partial charge < -0.3 is 9.47 Å².